The van der Waals surface area contributed by atoms with E-state index < -0.39 is 23.8 Å². The van der Waals surface area contributed by atoms with Crippen molar-refractivity contribution in [2.24, 2.45) is 0 Å². The molecule has 178 valence electrons. The highest BCUT2D eigenvalue weighted by atomic mass is 35.5. The van der Waals surface area contributed by atoms with E-state index in [2.05, 4.69) is 25.2 Å². The van der Waals surface area contributed by atoms with E-state index in [1.807, 2.05) is 0 Å². The van der Waals surface area contributed by atoms with Crippen LogP contribution in [0.2, 0.25) is 5.02 Å². The van der Waals surface area contributed by atoms with Crippen LogP contribution >= 0.6 is 11.6 Å². The van der Waals surface area contributed by atoms with E-state index in [0.717, 1.165) is 0 Å². The summed E-state index contributed by atoms with van der Waals surface area (Å²) in [7, 11) is 0. The minimum Gasteiger partial charge on any atom is -0.424 e. The molecular weight excluding hydrogens is 480 g/mol. The van der Waals surface area contributed by atoms with Crippen molar-refractivity contribution in [3.8, 4) is 0 Å². The summed E-state index contributed by atoms with van der Waals surface area (Å²) in [5.41, 5.74) is -0.203. The van der Waals surface area contributed by atoms with Gasteiger partial charge in [0.05, 0.1) is 22.1 Å². The van der Waals surface area contributed by atoms with Gasteiger partial charge in [-0.25, -0.2) is 9.37 Å². The van der Waals surface area contributed by atoms with Crippen LogP contribution in [0.4, 0.5) is 17.6 Å². The van der Waals surface area contributed by atoms with Crippen molar-refractivity contribution < 1.29 is 31.5 Å². The van der Waals surface area contributed by atoms with Crippen molar-refractivity contribution >= 4 is 28.4 Å². The van der Waals surface area contributed by atoms with Crippen molar-refractivity contribution in [1.29, 1.82) is 0 Å². The molecule has 2 aromatic heterocycles. The topological polar surface area (TPSA) is 90.1 Å². The Kier molecular flexibility index (Phi) is 4.54. The van der Waals surface area contributed by atoms with E-state index >= 15 is 0 Å². The predicted octanol–water partition coefficient (Wildman–Crippen LogP) is 4.80. The fraction of sp³-hybridized carbons (Fsp3) is 0.455. The molecule has 0 unspecified atom stereocenters. The molecule has 0 saturated heterocycles. The van der Waals surface area contributed by atoms with Gasteiger partial charge in [0.25, 0.3) is 5.91 Å². The smallest absolute Gasteiger partial charge is 0.424 e. The first-order chi connectivity index (χ1) is 16.0. The molecule has 2 bridgehead atoms. The molecule has 4 saturated carbocycles. The van der Waals surface area contributed by atoms with Crippen LogP contribution in [-0.2, 0) is 10.2 Å². The normalized spacial score (nSPS) is 29.8. The summed E-state index contributed by atoms with van der Waals surface area (Å²) < 4.78 is 60.4. The summed E-state index contributed by atoms with van der Waals surface area (Å²) in [5.74, 6) is -0.428. The minimum absolute atomic E-state index is 0.0124. The third-order valence-electron chi connectivity index (χ3n) is 7.01. The first-order valence-corrected chi connectivity index (χ1v) is 11.1. The van der Waals surface area contributed by atoms with Crippen LogP contribution in [0.1, 0.15) is 60.3 Å². The van der Waals surface area contributed by atoms with Crippen LogP contribution in [0, 0.1) is 5.82 Å². The largest absolute Gasteiger partial charge is 0.522 e. The second-order valence-corrected chi connectivity index (χ2v) is 9.91. The Balaban J connectivity index is 1.07. The molecule has 0 aliphatic heterocycles. The van der Waals surface area contributed by atoms with Crippen LogP contribution in [0.25, 0.3) is 10.9 Å². The zero-order valence-electron chi connectivity index (χ0n) is 17.5. The Morgan fingerprint density at radius 2 is 1.91 bits per heavy atom. The Hall–Kier alpha value is -2.79. The maximum atomic E-state index is 13.7. The molecule has 7 rings (SSSR count). The van der Waals surface area contributed by atoms with Crippen LogP contribution in [0.15, 0.2) is 28.7 Å². The van der Waals surface area contributed by atoms with Crippen molar-refractivity contribution in [2.45, 2.75) is 61.4 Å². The van der Waals surface area contributed by atoms with Gasteiger partial charge in [-0.15, -0.1) is 23.4 Å². The third kappa shape index (κ3) is 3.52. The number of halogens is 5. The molecule has 3 aromatic rings. The van der Waals surface area contributed by atoms with Crippen molar-refractivity contribution in [3.63, 3.8) is 0 Å². The maximum Gasteiger partial charge on any atom is 0.522 e. The van der Waals surface area contributed by atoms with Gasteiger partial charge in [0.2, 0.25) is 11.8 Å². The molecule has 1 aromatic carbocycles. The fourth-order valence-electron chi connectivity index (χ4n) is 5.36. The van der Waals surface area contributed by atoms with E-state index in [0.29, 0.717) is 41.9 Å². The van der Waals surface area contributed by atoms with Crippen molar-refractivity contribution in [1.82, 2.24) is 20.5 Å². The number of nitrogens with zero attached hydrogens (tertiary/aromatic N) is 3. The van der Waals surface area contributed by atoms with Gasteiger partial charge >= 0.3 is 6.36 Å². The monoisotopic (exact) mass is 496 g/mol. The van der Waals surface area contributed by atoms with Crippen molar-refractivity contribution in [2.75, 3.05) is 0 Å². The summed E-state index contributed by atoms with van der Waals surface area (Å²) in [5, 5.41) is 11.8. The lowest BCUT2D eigenvalue weighted by Crippen LogP contribution is -2.76. The zero-order valence-corrected chi connectivity index (χ0v) is 18.2. The van der Waals surface area contributed by atoms with Crippen LogP contribution in [-0.4, -0.2) is 39.1 Å². The van der Waals surface area contributed by atoms with Gasteiger partial charge in [-0.1, -0.05) is 17.7 Å². The molecule has 0 radical (unpaired) electrons. The van der Waals surface area contributed by atoms with Gasteiger partial charge in [-0.3, -0.25) is 9.53 Å². The second-order valence-electron chi connectivity index (χ2n) is 9.50. The molecule has 0 atom stereocenters. The highest BCUT2D eigenvalue weighted by molar-refractivity contribution is 6.31. The second kappa shape index (κ2) is 7.11. The number of hydrogen-bond donors (Lipinski definition) is 1. The molecule has 4 fully saturated rings. The quantitative estimate of drug-likeness (QED) is 0.510. The predicted molar refractivity (Wildman–Crippen MR) is 110 cm³/mol. The Morgan fingerprint density at radius 3 is 2.62 bits per heavy atom. The molecule has 7 nitrogen and oxygen atoms in total. The Morgan fingerprint density at radius 1 is 1.18 bits per heavy atom. The molecule has 0 spiro atoms. The summed E-state index contributed by atoms with van der Waals surface area (Å²) in [6.07, 6.45) is -3.30. The van der Waals surface area contributed by atoms with Gasteiger partial charge in [-0.2, -0.15) is 0 Å². The van der Waals surface area contributed by atoms with E-state index in [4.69, 9.17) is 16.0 Å². The zero-order chi connectivity index (χ0) is 23.9. The minimum atomic E-state index is -4.65. The molecular formula is C22H17ClF4N4O3. The average Bonchev–Trinajstić information content (AvgIpc) is 3.15. The summed E-state index contributed by atoms with van der Waals surface area (Å²) in [4.78, 5) is 17.0. The van der Waals surface area contributed by atoms with Gasteiger partial charge in [0.1, 0.15) is 11.5 Å². The summed E-state index contributed by atoms with van der Waals surface area (Å²) in [6.45, 7) is 0. The number of carbonyl (C=O) groups is 1. The number of pyridine rings is 1. The van der Waals surface area contributed by atoms with Crippen LogP contribution in [0.5, 0.6) is 0 Å². The number of aromatic nitrogens is 3. The van der Waals surface area contributed by atoms with Gasteiger partial charge < -0.3 is 9.73 Å². The standard InChI is InChI=1S/C22H17ClF4N4O3/c23-13-5-10-1-2-15(28-16(10)6-14(13)24)17(32)29-21-7-20(8-21,9-21)19-31-30-18(33-19)11-3-12(4-11)34-22(25,26)27/h1-2,5-6,11-12H,3-4,7-9H2,(H,29,32). The fourth-order valence-corrected chi connectivity index (χ4v) is 5.53. The molecule has 34 heavy (non-hydrogen) atoms. The number of hydrogen-bond acceptors (Lipinski definition) is 6. The van der Waals surface area contributed by atoms with E-state index in [-0.39, 0.29) is 40.8 Å². The number of rotatable bonds is 5. The van der Waals surface area contributed by atoms with Gasteiger partial charge in [-0.05, 0) is 44.2 Å². The lowest BCUT2D eigenvalue weighted by Gasteiger charge is -2.68. The van der Waals surface area contributed by atoms with Crippen LogP contribution < -0.4 is 5.32 Å². The lowest BCUT2D eigenvalue weighted by atomic mass is 9.39. The molecule has 1 amide bonds. The first kappa shape index (κ1) is 21.7. The molecule has 12 heteroatoms. The van der Waals surface area contributed by atoms with E-state index in [1.165, 1.54) is 12.1 Å². The van der Waals surface area contributed by atoms with Gasteiger partial charge in [0.15, 0.2) is 0 Å². The number of carbonyl (C=O) groups excluding carboxylic acids is 1. The number of alkyl halides is 3. The highest BCUT2D eigenvalue weighted by Gasteiger charge is 2.72. The van der Waals surface area contributed by atoms with E-state index in [9.17, 15) is 22.4 Å². The van der Waals surface area contributed by atoms with E-state index in [1.54, 1.807) is 12.1 Å². The average molecular weight is 497 g/mol. The SMILES string of the molecule is O=C(NC12CC(c3nnc(C4CC(OC(F)(F)F)C4)o3)(C1)C2)c1ccc2cc(Cl)c(F)cc2n1. The number of ether oxygens (including phenoxy) is 1. The summed E-state index contributed by atoms with van der Waals surface area (Å²) in [6, 6.07) is 5.87. The highest BCUT2D eigenvalue weighted by Crippen LogP contribution is 2.67. The Bertz CT molecular complexity index is 1300. The molecule has 4 aliphatic carbocycles. The van der Waals surface area contributed by atoms with Crippen molar-refractivity contribution in [3.05, 3.63) is 52.6 Å². The number of nitrogens with one attached hydrogen (secondary N) is 1. The summed E-state index contributed by atoms with van der Waals surface area (Å²) >= 11 is 5.79. The molecule has 2 heterocycles. The molecule has 4 aliphatic rings. The molecule has 1 N–H and O–H groups in total. The third-order valence-corrected chi connectivity index (χ3v) is 7.30. The number of amides is 1. The van der Waals surface area contributed by atoms with Gasteiger partial charge in [0, 0.05) is 22.9 Å². The Labute approximate surface area is 194 Å². The first-order valence-electron chi connectivity index (χ1n) is 10.7. The maximum absolute atomic E-state index is 13.7. The lowest BCUT2D eigenvalue weighted by molar-refractivity contribution is -0.352. The number of fused-ring (bicyclic) bond motifs is 1. The van der Waals surface area contributed by atoms with Crippen LogP contribution in [0.3, 0.4) is 0 Å². The number of benzene rings is 1.